The van der Waals surface area contributed by atoms with Crippen LogP contribution in [0, 0.1) is 5.82 Å². The molecule has 0 amide bonds. The molecule has 0 radical (unpaired) electrons. The Morgan fingerprint density at radius 2 is 2.19 bits per heavy atom. The Hall–Kier alpha value is -2.89. The number of hydrogen-bond acceptors (Lipinski definition) is 6. The number of imidazole rings is 1. The van der Waals surface area contributed by atoms with Gasteiger partial charge in [0.05, 0.1) is 22.8 Å². The summed E-state index contributed by atoms with van der Waals surface area (Å²) in [6.07, 6.45) is 1.91. The number of halogens is 4. The van der Waals surface area contributed by atoms with Gasteiger partial charge in [-0.3, -0.25) is 15.6 Å². The van der Waals surface area contributed by atoms with Crippen LogP contribution < -0.4 is 10.8 Å². The number of rotatable bonds is 6. The van der Waals surface area contributed by atoms with Gasteiger partial charge < -0.3 is 10.3 Å². The van der Waals surface area contributed by atoms with Crippen molar-refractivity contribution in [2.45, 2.75) is 18.8 Å². The molecular formula is C20H21ClF3N7O. The third-order valence-corrected chi connectivity index (χ3v) is 5.38. The lowest BCUT2D eigenvalue weighted by Gasteiger charge is -2.32. The maximum Gasteiger partial charge on any atom is 0.260 e. The summed E-state index contributed by atoms with van der Waals surface area (Å²) in [6, 6.07) is 5.54. The Balaban J connectivity index is 1.51. The van der Waals surface area contributed by atoms with E-state index in [2.05, 4.69) is 25.3 Å². The van der Waals surface area contributed by atoms with Gasteiger partial charge in [0.15, 0.2) is 11.5 Å². The number of nitrogens with zero attached hydrogens (tertiary/aromatic N) is 4. The highest BCUT2D eigenvalue weighted by Crippen LogP contribution is 2.26. The van der Waals surface area contributed by atoms with Crippen LogP contribution in [0.15, 0.2) is 35.5 Å². The number of benzene rings is 1. The van der Waals surface area contributed by atoms with Crippen LogP contribution in [0.25, 0.3) is 11.2 Å². The van der Waals surface area contributed by atoms with Crippen LogP contribution >= 0.6 is 11.6 Å². The van der Waals surface area contributed by atoms with Crippen LogP contribution in [0.2, 0.25) is 5.02 Å². The number of hydroxylamine groups is 1. The van der Waals surface area contributed by atoms with E-state index in [0.717, 1.165) is 0 Å². The van der Waals surface area contributed by atoms with Crippen molar-refractivity contribution < 1.29 is 18.4 Å². The fraction of sp³-hybridized carbons (Fsp3) is 0.350. The molecule has 8 nitrogen and oxygen atoms in total. The van der Waals surface area contributed by atoms with Gasteiger partial charge in [0.1, 0.15) is 5.82 Å². The zero-order valence-corrected chi connectivity index (χ0v) is 17.6. The molecule has 0 unspecified atom stereocenters. The SMILES string of the molecule is ONC(=Nc1ccc(F)c(Cl)c1)c1ccnc2nc(NCCN3CCCC(F)(F)C3)[nH]c12. The van der Waals surface area contributed by atoms with Crippen LogP contribution in [-0.4, -0.2) is 63.0 Å². The summed E-state index contributed by atoms with van der Waals surface area (Å²) in [5.41, 5.74) is 3.69. The minimum atomic E-state index is -2.64. The molecule has 0 atom stereocenters. The van der Waals surface area contributed by atoms with E-state index in [1.54, 1.807) is 11.0 Å². The van der Waals surface area contributed by atoms with Crippen molar-refractivity contribution in [1.82, 2.24) is 25.3 Å². The van der Waals surface area contributed by atoms with Crippen LogP contribution in [0.5, 0.6) is 0 Å². The molecular weight excluding hydrogens is 447 g/mol. The number of anilines is 1. The molecule has 170 valence electrons. The van der Waals surface area contributed by atoms with E-state index in [4.69, 9.17) is 11.6 Å². The highest BCUT2D eigenvalue weighted by molar-refractivity contribution is 6.31. The lowest BCUT2D eigenvalue weighted by Crippen LogP contribution is -2.44. The Kier molecular flexibility index (Phi) is 6.49. The van der Waals surface area contributed by atoms with Crippen molar-refractivity contribution >= 4 is 40.2 Å². The van der Waals surface area contributed by atoms with Crippen molar-refractivity contribution in [3.63, 3.8) is 0 Å². The first kappa shape index (κ1) is 22.3. The van der Waals surface area contributed by atoms with Gasteiger partial charge in [0, 0.05) is 31.3 Å². The number of aromatic nitrogens is 3. The molecule has 0 aliphatic carbocycles. The van der Waals surface area contributed by atoms with Gasteiger partial charge in [-0.05, 0) is 37.2 Å². The zero-order chi connectivity index (χ0) is 22.7. The van der Waals surface area contributed by atoms with Crippen molar-refractivity contribution in [2.24, 2.45) is 4.99 Å². The average Bonchev–Trinajstić information content (AvgIpc) is 3.17. The van der Waals surface area contributed by atoms with Gasteiger partial charge in [-0.15, -0.1) is 0 Å². The Morgan fingerprint density at radius 3 is 2.94 bits per heavy atom. The topological polar surface area (TPSA) is 101 Å². The third-order valence-electron chi connectivity index (χ3n) is 5.09. The molecule has 1 fully saturated rings. The molecule has 4 N–H and O–H groups in total. The van der Waals surface area contributed by atoms with E-state index in [1.165, 1.54) is 24.4 Å². The number of aliphatic imine (C=N–C) groups is 1. The number of hydrogen-bond donors (Lipinski definition) is 4. The van der Waals surface area contributed by atoms with E-state index in [-0.39, 0.29) is 23.8 Å². The number of amidine groups is 1. The third kappa shape index (κ3) is 5.12. The highest BCUT2D eigenvalue weighted by atomic mass is 35.5. The standard InChI is InChI=1S/C20H21ClF3N7O/c21-14-10-12(2-3-15(14)22)27-17(30-32)13-4-6-25-18-16(13)28-19(29-18)26-7-9-31-8-1-5-20(23,24)11-31/h2-4,6,10,32H,1,5,7-9,11H2,(H,27,30)(H2,25,26,28,29). The van der Waals surface area contributed by atoms with Crippen molar-refractivity contribution in [3.8, 4) is 0 Å². The van der Waals surface area contributed by atoms with Crippen molar-refractivity contribution in [3.05, 3.63) is 46.9 Å². The summed E-state index contributed by atoms with van der Waals surface area (Å²) < 4.78 is 40.5. The van der Waals surface area contributed by atoms with Gasteiger partial charge in [0.25, 0.3) is 5.92 Å². The zero-order valence-electron chi connectivity index (χ0n) is 16.9. The summed E-state index contributed by atoms with van der Waals surface area (Å²) in [7, 11) is 0. The van der Waals surface area contributed by atoms with Gasteiger partial charge in [-0.25, -0.2) is 23.1 Å². The predicted molar refractivity (Wildman–Crippen MR) is 116 cm³/mol. The summed E-state index contributed by atoms with van der Waals surface area (Å²) in [4.78, 5) is 17.6. The number of alkyl halides is 2. The first-order chi connectivity index (χ1) is 15.3. The maximum absolute atomic E-state index is 13.5. The van der Waals surface area contributed by atoms with E-state index in [1.807, 2.05) is 5.48 Å². The van der Waals surface area contributed by atoms with Gasteiger partial charge in [-0.2, -0.15) is 4.98 Å². The van der Waals surface area contributed by atoms with Crippen LogP contribution in [0.1, 0.15) is 18.4 Å². The van der Waals surface area contributed by atoms with Crippen LogP contribution in [-0.2, 0) is 0 Å². The second-order valence-electron chi connectivity index (χ2n) is 7.48. The van der Waals surface area contributed by atoms with Gasteiger partial charge >= 0.3 is 0 Å². The maximum atomic E-state index is 13.5. The van der Waals surface area contributed by atoms with E-state index in [9.17, 15) is 18.4 Å². The first-order valence-electron chi connectivity index (χ1n) is 9.98. The van der Waals surface area contributed by atoms with Crippen LogP contribution in [0.3, 0.4) is 0 Å². The second-order valence-corrected chi connectivity index (χ2v) is 7.88. The molecule has 2 aromatic heterocycles. The number of fused-ring (bicyclic) bond motifs is 1. The number of aromatic amines is 1. The number of likely N-dealkylation sites (tertiary alicyclic amines) is 1. The Labute approximate surface area is 186 Å². The van der Waals surface area contributed by atoms with Gasteiger partial charge in [0.2, 0.25) is 5.95 Å². The van der Waals surface area contributed by atoms with E-state index in [0.29, 0.717) is 54.4 Å². The van der Waals surface area contributed by atoms with E-state index < -0.39 is 11.7 Å². The monoisotopic (exact) mass is 467 g/mol. The summed E-state index contributed by atoms with van der Waals surface area (Å²) >= 11 is 5.80. The molecule has 1 aromatic carbocycles. The number of H-pyrrole nitrogens is 1. The quantitative estimate of drug-likeness (QED) is 0.249. The molecule has 1 aliphatic rings. The minimum absolute atomic E-state index is 0.0676. The minimum Gasteiger partial charge on any atom is -0.354 e. The molecule has 0 spiro atoms. The Morgan fingerprint density at radius 1 is 1.34 bits per heavy atom. The highest BCUT2D eigenvalue weighted by Gasteiger charge is 2.34. The molecule has 3 heterocycles. The lowest BCUT2D eigenvalue weighted by molar-refractivity contribution is -0.0628. The number of piperidine rings is 1. The normalized spacial score (nSPS) is 17.0. The Bertz CT molecular complexity index is 1140. The molecule has 1 saturated heterocycles. The fourth-order valence-corrected chi connectivity index (χ4v) is 3.77. The molecule has 1 aliphatic heterocycles. The summed E-state index contributed by atoms with van der Waals surface area (Å²) in [5.74, 6) is -2.73. The molecule has 12 heteroatoms. The predicted octanol–water partition coefficient (Wildman–Crippen LogP) is 3.95. The molecule has 32 heavy (non-hydrogen) atoms. The summed E-state index contributed by atoms with van der Waals surface area (Å²) in [5, 5.41) is 12.6. The summed E-state index contributed by atoms with van der Waals surface area (Å²) in [6.45, 7) is 1.26. The fourth-order valence-electron chi connectivity index (χ4n) is 3.59. The second kappa shape index (κ2) is 9.31. The molecule has 0 bridgehead atoms. The van der Waals surface area contributed by atoms with Crippen LogP contribution in [0.4, 0.5) is 24.8 Å². The molecule has 0 saturated carbocycles. The smallest absolute Gasteiger partial charge is 0.260 e. The largest absolute Gasteiger partial charge is 0.354 e. The van der Waals surface area contributed by atoms with Crippen molar-refractivity contribution in [1.29, 1.82) is 0 Å². The van der Waals surface area contributed by atoms with E-state index >= 15 is 0 Å². The first-order valence-corrected chi connectivity index (χ1v) is 10.4. The van der Waals surface area contributed by atoms with Crippen molar-refractivity contribution in [2.75, 3.05) is 31.5 Å². The average molecular weight is 468 g/mol. The van der Waals surface area contributed by atoms with Gasteiger partial charge in [-0.1, -0.05) is 11.6 Å². The number of nitrogens with one attached hydrogen (secondary N) is 3. The molecule has 4 rings (SSSR count). The lowest BCUT2D eigenvalue weighted by atomic mass is 10.1. The number of pyridine rings is 1. The molecule has 3 aromatic rings.